The van der Waals surface area contributed by atoms with Crippen molar-refractivity contribution in [2.45, 2.75) is 13.0 Å². The average Bonchev–Trinajstić information content (AvgIpc) is 3.31. The first-order valence-corrected chi connectivity index (χ1v) is 11.6. The number of ether oxygens (including phenoxy) is 1. The fourth-order valence-electron chi connectivity index (χ4n) is 4.78. The summed E-state index contributed by atoms with van der Waals surface area (Å²) in [6, 6.07) is 13.5. The van der Waals surface area contributed by atoms with Gasteiger partial charge in [0.1, 0.15) is 17.5 Å². The molecular weight excluding hydrogens is 457 g/mol. The summed E-state index contributed by atoms with van der Waals surface area (Å²) < 4.78 is 20.4. The Hall–Kier alpha value is -3.39. The minimum absolute atomic E-state index is 0.0121. The SMILES string of the molecule is COc1ccc(C2C(C(=O)N3CCN(c4ccc(F)cc4)CC3)C(C)=Nc3ccnn32)cc1Cl. The fourth-order valence-corrected chi connectivity index (χ4v) is 5.04. The first-order valence-electron chi connectivity index (χ1n) is 11.2. The first kappa shape index (κ1) is 22.4. The van der Waals surface area contributed by atoms with Crippen molar-refractivity contribution in [3.63, 3.8) is 0 Å². The molecule has 0 bridgehead atoms. The first-order chi connectivity index (χ1) is 16.5. The molecule has 1 aromatic heterocycles. The zero-order valence-corrected chi connectivity index (χ0v) is 19.7. The second kappa shape index (κ2) is 9.10. The number of piperazine rings is 1. The lowest BCUT2D eigenvalue weighted by atomic mass is 9.86. The highest BCUT2D eigenvalue weighted by molar-refractivity contribution is 6.32. The van der Waals surface area contributed by atoms with E-state index in [4.69, 9.17) is 16.3 Å². The number of carbonyl (C=O) groups excluding carboxylic acids is 1. The molecule has 2 aliphatic heterocycles. The van der Waals surface area contributed by atoms with Crippen molar-refractivity contribution in [1.29, 1.82) is 0 Å². The van der Waals surface area contributed by atoms with Crippen LogP contribution < -0.4 is 9.64 Å². The van der Waals surface area contributed by atoms with E-state index in [9.17, 15) is 9.18 Å². The molecule has 34 heavy (non-hydrogen) atoms. The molecule has 5 rings (SSSR count). The van der Waals surface area contributed by atoms with E-state index >= 15 is 0 Å². The minimum atomic E-state index is -0.505. The van der Waals surface area contributed by atoms with E-state index in [0.29, 0.717) is 42.8 Å². The molecule has 0 saturated carbocycles. The number of hydrogen-bond donors (Lipinski definition) is 0. The second-order valence-electron chi connectivity index (χ2n) is 8.49. The molecule has 176 valence electrons. The Morgan fingerprint density at radius 1 is 1.09 bits per heavy atom. The lowest BCUT2D eigenvalue weighted by Gasteiger charge is -2.40. The van der Waals surface area contributed by atoms with Crippen molar-refractivity contribution in [1.82, 2.24) is 14.7 Å². The molecule has 0 spiro atoms. The number of halogens is 2. The number of rotatable bonds is 4. The molecule has 2 unspecified atom stereocenters. The van der Waals surface area contributed by atoms with E-state index in [1.807, 2.05) is 36.1 Å². The van der Waals surface area contributed by atoms with E-state index in [2.05, 4.69) is 15.0 Å². The van der Waals surface area contributed by atoms with Gasteiger partial charge in [-0.2, -0.15) is 5.10 Å². The molecule has 2 aromatic carbocycles. The lowest BCUT2D eigenvalue weighted by Crippen LogP contribution is -2.53. The van der Waals surface area contributed by atoms with Gasteiger partial charge in [-0.3, -0.25) is 4.79 Å². The van der Waals surface area contributed by atoms with Gasteiger partial charge in [-0.1, -0.05) is 17.7 Å². The maximum Gasteiger partial charge on any atom is 0.234 e. The Balaban J connectivity index is 1.41. The van der Waals surface area contributed by atoms with Crippen LogP contribution in [-0.4, -0.2) is 59.6 Å². The quantitative estimate of drug-likeness (QED) is 0.556. The molecule has 1 saturated heterocycles. The number of carbonyl (C=O) groups is 1. The Morgan fingerprint density at radius 3 is 2.50 bits per heavy atom. The van der Waals surface area contributed by atoms with Gasteiger partial charge in [0.25, 0.3) is 0 Å². The number of aliphatic imine (C=N–C) groups is 1. The van der Waals surface area contributed by atoms with Crippen molar-refractivity contribution in [2.24, 2.45) is 10.9 Å². The summed E-state index contributed by atoms with van der Waals surface area (Å²) in [5.74, 6) is 0.534. The van der Waals surface area contributed by atoms with Gasteiger partial charge in [-0.15, -0.1) is 0 Å². The minimum Gasteiger partial charge on any atom is -0.495 e. The summed E-state index contributed by atoms with van der Waals surface area (Å²) >= 11 is 6.44. The third-order valence-corrected chi connectivity index (χ3v) is 6.83. The van der Waals surface area contributed by atoms with Crippen molar-refractivity contribution >= 4 is 34.7 Å². The van der Waals surface area contributed by atoms with Gasteiger partial charge in [0.05, 0.1) is 24.4 Å². The van der Waals surface area contributed by atoms with Crippen LogP contribution in [0.2, 0.25) is 5.02 Å². The smallest absolute Gasteiger partial charge is 0.234 e. The number of nitrogens with zero attached hydrogens (tertiary/aromatic N) is 5. The predicted molar refractivity (Wildman–Crippen MR) is 130 cm³/mol. The normalized spacial score (nSPS) is 20.1. The molecule has 1 amide bonds. The highest BCUT2D eigenvalue weighted by atomic mass is 35.5. The van der Waals surface area contributed by atoms with Crippen LogP contribution >= 0.6 is 11.6 Å². The van der Waals surface area contributed by atoms with E-state index in [0.717, 1.165) is 17.0 Å². The molecule has 0 N–H and O–H groups in total. The van der Waals surface area contributed by atoms with Crippen molar-refractivity contribution in [3.05, 3.63) is 71.1 Å². The van der Waals surface area contributed by atoms with E-state index in [1.54, 1.807) is 30.1 Å². The molecule has 2 atom stereocenters. The average molecular weight is 482 g/mol. The Bertz CT molecular complexity index is 1230. The van der Waals surface area contributed by atoms with Crippen LogP contribution in [0.3, 0.4) is 0 Å². The third kappa shape index (κ3) is 4.03. The van der Waals surface area contributed by atoms with Gasteiger partial charge in [0.15, 0.2) is 5.82 Å². The number of methoxy groups -OCH3 is 1. The maximum absolute atomic E-state index is 13.9. The molecule has 0 radical (unpaired) electrons. The molecule has 2 aliphatic rings. The Morgan fingerprint density at radius 2 is 1.82 bits per heavy atom. The number of aromatic nitrogens is 2. The third-order valence-electron chi connectivity index (χ3n) is 6.54. The zero-order chi connectivity index (χ0) is 23.8. The zero-order valence-electron chi connectivity index (χ0n) is 19.0. The number of fused-ring (bicyclic) bond motifs is 1. The van der Waals surface area contributed by atoms with Crippen molar-refractivity contribution in [2.75, 3.05) is 38.2 Å². The van der Waals surface area contributed by atoms with Crippen LogP contribution in [0.25, 0.3) is 0 Å². The molecule has 3 heterocycles. The summed E-state index contributed by atoms with van der Waals surface area (Å²) in [5, 5.41) is 4.96. The molecule has 0 aliphatic carbocycles. The number of benzene rings is 2. The van der Waals surface area contributed by atoms with E-state index in [1.165, 1.54) is 12.1 Å². The van der Waals surface area contributed by atoms with Gasteiger partial charge >= 0.3 is 0 Å². The van der Waals surface area contributed by atoms with Crippen LogP contribution in [0, 0.1) is 11.7 Å². The van der Waals surface area contributed by atoms with Crippen LogP contribution in [0.5, 0.6) is 5.75 Å². The molecular formula is C25H25ClFN5O2. The topological polar surface area (TPSA) is 63.0 Å². The lowest BCUT2D eigenvalue weighted by molar-refractivity contribution is -0.134. The summed E-state index contributed by atoms with van der Waals surface area (Å²) in [4.78, 5) is 22.6. The van der Waals surface area contributed by atoms with Crippen LogP contribution in [0.4, 0.5) is 15.9 Å². The standard InChI is InChI=1S/C25H25ClFN5O2/c1-16-23(25(33)31-13-11-30(12-14-31)19-6-4-18(27)5-7-19)24(32-22(29-16)9-10-28-32)17-3-8-21(34-2)20(26)15-17/h3-10,15,23-24H,11-14H2,1-2H3. The van der Waals surface area contributed by atoms with E-state index < -0.39 is 5.92 Å². The summed E-state index contributed by atoms with van der Waals surface area (Å²) in [6.07, 6.45) is 1.69. The van der Waals surface area contributed by atoms with Gasteiger partial charge < -0.3 is 14.5 Å². The van der Waals surface area contributed by atoms with Crippen molar-refractivity contribution < 1.29 is 13.9 Å². The van der Waals surface area contributed by atoms with Gasteiger partial charge in [0.2, 0.25) is 5.91 Å². The van der Waals surface area contributed by atoms with Gasteiger partial charge in [0, 0.05) is 43.6 Å². The van der Waals surface area contributed by atoms with Gasteiger partial charge in [-0.25, -0.2) is 14.1 Å². The largest absolute Gasteiger partial charge is 0.495 e. The molecule has 1 fully saturated rings. The number of amides is 1. The summed E-state index contributed by atoms with van der Waals surface area (Å²) in [5.41, 5.74) is 2.57. The highest BCUT2D eigenvalue weighted by Crippen LogP contribution is 2.39. The molecule has 9 heteroatoms. The summed E-state index contributed by atoms with van der Waals surface area (Å²) in [7, 11) is 1.57. The molecule has 7 nitrogen and oxygen atoms in total. The summed E-state index contributed by atoms with van der Waals surface area (Å²) in [6.45, 7) is 4.38. The van der Waals surface area contributed by atoms with Gasteiger partial charge in [-0.05, 0) is 48.9 Å². The van der Waals surface area contributed by atoms with Crippen LogP contribution in [0.1, 0.15) is 18.5 Å². The van der Waals surface area contributed by atoms with Crippen molar-refractivity contribution in [3.8, 4) is 5.75 Å². The monoisotopic (exact) mass is 481 g/mol. The number of anilines is 1. The predicted octanol–water partition coefficient (Wildman–Crippen LogP) is 4.34. The second-order valence-corrected chi connectivity index (χ2v) is 8.90. The highest BCUT2D eigenvalue weighted by Gasteiger charge is 2.41. The van der Waals surface area contributed by atoms with Crippen LogP contribution in [-0.2, 0) is 4.79 Å². The molecule has 3 aromatic rings. The van der Waals surface area contributed by atoms with E-state index in [-0.39, 0.29) is 17.8 Å². The maximum atomic E-state index is 13.9. The Kier molecular flexibility index (Phi) is 6.00. The Labute approximate surface area is 202 Å². The number of hydrogen-bond acceptors (Lipinski definition) is 5. The van der Waals surface area contributed by atoms with Crippen LogP contribution in [0.15, 0.2) is 59.7 Å². The fraction of sp³-hybridized carbons (Fsp3) is 0.320.